The number of allylic oxidation sites excluding steroid dienone is 3. The van der Waals surface area contributed by atoms with Crippen molar-refractivity contribution in [2.75, 3.05) is 6.54 Å². The zero-order valence-electron chi connectivity index (χ0n) is 9.63. The lowest BCUT2D eigenvalue weighted by Gasteiger charge is -1.98. The van der Waals surface area contributed by atoms with Gasteiger partial charge in [-0.25, -0.2) is 0 Å². The van der Waals surface area contributed by atoms with Crippen LogP contribution in [0.25, 0.3) is 0 Å². The molecule has 0 fully saturated rings. The lowest BCUT2D eigenvalue weighted by Crippen LogP contribution is -1.89. The average Bonchev–Trinajstić information content (AvgIpc) is 2.30. The molecule has 0 saturated heterocycles. The Kier molecular flexibility index (Phi) is 5.71. The minimum Gasteiger partial charge on any atom is -0.405 e. The zero-order valence-corrected chi connectivity index (χ0v) is 9.63. The maximum Gasteiger partial charge on any atom is 0.0429 e. The SMILES string of the molecule is Cc1ccc(CCN=CC=CC=CN)cc1. The minimum absolute atomic E-state index is 0.819. The predicted octanol–water partition coefficient (Wildman–Crippen LogP) is 2.64. The number of aryl methyl sites for hydroxylation is 1. The van der Waals surface area contributed by atoms with Crippen LogP contribution in [0.1, 0.15) is 11.1 Å². The fourth-order valence-electron chi connectivity index (χ4n) is 1.26. The average molecular weight is 214 g/mol. The molecule has 2 heteroatoms. The first-order valence-electron chi connectivity index (χ1n) is 5.42. The Morgan fingerprint density at radius 2 is 1.88 bits per heavy atom. The molecular weight excluding hydrogens is 196 g/mol. The Hall–Kier alpha value is -1.83. The van der Waals surface area contributed by atoms with E-state index in [2.05, 4.69) is 36.2 Å². The number of aliphatic imine (C=N–C) groups is 1. The second-order valence-electron chi connectivity index (χ2n) is 3.56. The Morgan fingerprint density at radius 3 is 2.56 bits per heavy atom. The summed E-state index contributed by atoms with van der Waals surface area (Å²) in [5.41, 5.74) is 7.80. The lowest BCUT2D eigenvalue weighted by molar-refractivity contribution is 0.973. The van der Waals surface area contributed by atoms with Crippen molar-refractivity contribution in [3.8, 4) is 0 Å². The van der Waals surface area contributed by atoms with E-state index in [1.807, 2.05) is 12.2 Å². The smallest absolute Gasteiger partial charge is 0.0429 e. The van der Waals surface area contributed by atoms with Crippen LogP contribution in [0.3, 0.4) is 0 Å². The Bertz CT molecular complexity index is 372. The number of hydrogen-bond acceptors (Lipinski definition) is 2. The van der Waals surface area contributed by atoms with Crippen LogP contribution in [-0.4, -0.2) is 12.8 Å². The minimum atomic E-state index is 0.819. The van der Waals surface area contributed by atoms with Crippen molar-refractivity contribution < 1.29 is 0 Å². The molecule has 0 aliphatic rings. The molecule has 16 heavy (non-hydrogen) atoms. The molecule has 0 heterocycles. The second kappa shape index (κ2) is 7.46. The molecule has 0 aliphatic carbocycles. The third-order valence-corrected chi connectivity index (χ3v) is 2.17. The standard InChI is InChI=1S/C14H18N2/c1-13-5-7-14(8-6-13)9-12-16-11-4-2-3-10-15/h2-8,10-11H,9,12,15H2,1H3. The van der Waals surface area contributed by atoms with Gasteiger partial charge in [-0.15, -0.1) is 0 Å². The van der Waals surface area contributed by atoms with E-state index in [0.717, 1.165) is 13.0 Å². The number of hydrogen-bond donors (Lipinski definition) is 1. The highest BCUT2D eigenvalue weighted by Crippen LogP contribution is 2.03. The van der Waals surface area contributed by atoms with Gasteiger partial charge in [0.2, 0.25) is 0 Å². The van der Waals surface area contributed by atoms with Crippen molar-refractivity contribution in [2.45, 2.75) is 13.3 Å². The van der Waals surface area contributed by atoms with E-state index in [9.17, 15) is 0 Å². The first kappa shape index (κ1) is 12.2. The number of nitrogens with zero attached hydrogens (tertiary/aromatic N) is 1. The van der Waals surface area contributed by atoms with Crippen LogP contribution in [0.15, 0.2) is 53.7 Å². The molecule has 1 aromatic rings. The normalized spacial score (nSPS) is 12.1. The van der Waals surface area contributed by atoms with Crippen LogP contribution in [0.4, 0.5) is 0 Å². The molecule has 1 aromatic carbocycles. The molecule has 0 amide bonds. The zero-order chi connectivity index (χ0) is 11.6. The maximum atomic E-state index is 5.18. The van der Waals surface area contributed by atoms with Gasteiger partial charge in [0.25, 0.3) is 0 Å². The van der Waals surface area contributed by atoms with E-state index < -0.39 is 0 Å². The van der Waals surface area contributed by atoms with E-state index in [1.54, 1.807) is 12.3 Å². The van der Waals surface area contributed by atoms with Gasteiger partial charge in [0.15, 0.2) is 0 Å². The number of nitrogens with two attached hydrogens (primary N) is 1. The van der Waals surface area contributed by atoms with Crippen LogP contribution >= 0.6 is 0 Å². The van der Waals surface area contributed by atoms with Crippen molar-refractivity contribution in [1.82, 2.24) is 0 Å². The van der Waals surface area contributed by atoms with E-state index in [1.165, 1.54) is 17.3 Å². The van der Waals surface area contributed by atoms with E-state index >= 15 is 0 Å². The van der Waals surface area contributed by atoms with Gasteiger partial charge in [-0.2, -0.15) is 0 Å². The summed E-state index contributed by atoms with van der Waals surface area (Å²) in [5, 5.41) is 0. The Balaban J connectivity index is 2.27. The fourth-order valence-corrected chi connectivity index (χ4v) is 1.26. The quantitative estimate of drug-likeness (QED) is 0.594. The largest absolute Gasteiger partial charge is 0.405 e. The highest BCUT2D eigenvalue weighted by molar-refractivity contribution is 5.71. The molecule has 0 aromatic heterocycles. The van der Waals surface area contributed by atoms with Crippen molar-refractivity contribution in [1.29, 1.82) is 0 Å². The molecule has 0 bridgehead atoms. The first-order chi connectivity index (χ1) is 7.83. The molecular formula is C14H18N2. The Labute approximate surface area is 97.2 Å². The summed E-state index contributed by atoms with van der Waals surface area (Å²) in [4.78, 5) is 4.27. The summed E-state index contributed by atoms with van der Waals surface area (Å²) < 4.78 is 0. The molecule has 2 N–H and O–H groups in total. The molecule has 2 nitrogen and oxygen atoms in total. The summed E-state index contributed by atoms with van der Waals surface area (Å²) in [5.74, 6) is 0. The number of benzene rings is 1. The van der Waals surface area contributed by atoms with Gasteiger partial charge in [-0.3, -0.25) is 4.99 Å². The molecule has 0 unspecified atom stereocenters. The van der Waals surface area contributed by atoms with Crippen LogP contribution < -0.4 is 5.73 Å². The third-order valence-electron chi connectivity index (χ3n) is 2.17. The van der Waals surface area contributed by atoms with Gasteiger partial charge in [-0.1, -0.05) is 35.9 Å². The molecule has 0 atom stereocenters. The van der Waals surface area contributed by atoms with E-state index in [4.69, 9.17) is 5.73 Å². The topological polar surface area (TPSA) is 38.4 Å². The van der Waals surface area contributed by atoms with Crippen molar-refractivity contribution >= 4 is 6.21 Å². The predicted molar refractivity (Wildman–Crippen MR) is 70.7 cm³/mol. The van der Waals surface area contributed by atoms with Gasteiger partial charge in [0.1, 0.15) is 0 Å². The first-order valence-corrected chi connectivity index (χ1v) is 5.42. The van der Waals surface area contributed by atoms with Gasteiger partial charge in [0, 0.05) is 12.8 Å². The summed E-state index contributed by atoms with van der Waals surface area (Å²) in [7, 11) is 0. The highest BCUT2D eigenvalue weighted by atomic mass is 14.7. The van der Waals surface area contributed by atoms with Crippen molar-refractivity contribution in [3.63, 3.8) is 0 Å². The van der Waals surface area contributed by atoms with Crippen LogP contribution in [0.2, 0.25) is 0 Å². The molecule has 0 spiro atoms. The van der Waals surface area contributed by atoms with Crippen LogP contribution in [-0.2, 0) is 6.42 Å². The molecule has 0 saturated carbocycles. The monoisotopic (exact) mass is 214 g/mol. The second-order valence-corrected chi connectivity index (χ2v) is 3.56. The summed E-state index contributed by atoms with van der Waals surface area (Å²) in [6.07, 6.45) is 9.78. The van der Waals surface area contributed by atoms with Gasteiger partial charge < -0.3 is 5.73 Å². The number of rotatable bonds is 5. The van der Waals surface area contributed by atoms with Crippen LogP contribution in [0, 0.1) is 6.92 Å². The van der Waals surface area contributed by atoms with Crippen molar-refractivity contribution in [2.24, 2.45) is 10.7 Å². The van der Waals surface area contributed by atoms with Gasteiger partial charge in [-0.05, 0) is 37.3 Å². The molecule has 1 rings (SSSR count). The molecule has 0 radical (unpaired) electrons. The van der Waals surface area contributed by atoms with Crippen molar-refractivity contribution in [3.05, 3.63) is 59.8 Å². The van der Waals surface area contributed by atoms with E-state index in [0.29, 0.717) is 0 Å². The fraction of sp³-hybridized carbons (Fsp3) is 0.214. The third kappa shape index (κ3) is 5.15. The molecule has 0 aliphatic heterocycles. The summed E-state index contributed by atoms with van der Waals surface area (Å²) in [6, 6.07) is 8.56. The van der Waals surface area contributed by atoms with Gasteiger partial charge >= 0.3 is 0 Å². The highest BCUT2D eigenvalue weighted by Gasteiger charge is 1.90. The van der Waals surface area contributed by atoms with Gasteiger partial charge in [0.05, 0.1) is 0 Å². The van der Waals surface area contributed by atoms with Crippen LogP contribution in [0.5, 0.6) is 0 Å². The lowest BCUT2D eigenvalue weighted by atomic mass is 10.1. The van der Waals surface area contributed by atoms with E-state index in [-0.39, 0.29) is 0 Å². The molecule has 84 valence electrons. The Morgan fingerprint density at radius 1 is 1.12 bits per heavy atom. The maximum absolute atomic E-state index is 5.18. The summed E-state index contributed by atoms with van der Waals surface area (Å²) >= 11 is 0. The summed E-state index contributed by atoms with van der Waals surface area (Å²) in [6.45, 7) is 2.91.